The highest BCUT2D eigenvalue weighted by Gasteiger charge is 2.19. The first-order chi connectivity index (χ1) is 14.1. The Hall–Kier alpha value is -3.25. The molecule has 0 aliphatic heterocycles. The van der Waals surface area contributed by atoms with E-state index in [2.05, 4.69) is 10.3 Å². The van der Waals surface area contributed by atoms with Gasteiger partial charge in [-0.2, -0.15) is 0 Å². The Balaban J connectivity index is 1.67. The normalized spacial score (nSPS) is 10.8. The minimum atomic E-state index is -0.324. The molecule has 29 heavy (non-hydrogen) atoms. The van der Waals surface area contributed by atoms with E-state index in [9.17, 15) is 9.18 Å². The third-order valence-corrected chi connectivity index (χ3v) is 5.63. The van der Waals surface area contributed by atoms with Crippen molar-refractivity contribution >= 4 is 28.6 Å². The van der Waals surface area contributed by atoms with Crippen LogP contribution in [0.5, 0.6) is 5.75 Å². The fourth-order valence-corrected chi connectivity index (χ4v) is 4.13. The van der Waals surface area contributed by atoms with Crippen LogP contribution in [0, 0.1) is 5.82 Å². The molecule has 1 amide bonds. The van der Waals surface area contributed by atoms with Crippen molar-refractivity contribution in [3.63, 3.8) is 0 Å². The van der Waals surface area contributed by atoms with Crippen molar-refractivity contribution in [1.29, 1.82) is 0 Å². The Kier molecular flexibility index (Phi) is 5.53. The average molecular weight is 406 g/mol. The van der Waals surface area contributed by atoms with E-state index in [1.165, 1.54) is 23.9 Å². The maximum Gasteiger partial charge on any atom is 0.269 e. The molecule has 0 unspecified atom stereocenters. The Bertz CT molecular complexity index is 1160. The molecular weight excluding hydrogens is 387 g/mol. The third kappa shape index (κ3) is 4.27. The molecule has 0 aliphatic rings. The van der Waals surface area contributed by atoms with Crippen LogP contribution in [-0.2, 0) is 6.54 Å². The number of halogens is 1. The second-order valence-corrected chi connectivity index (χ2v) is 7.55. The number of benzene rings is 3. The van der Waals surface area contributed by atoms with Gasteiger partial charge in [0.2, 0.25) is 0 Å². The fourth-order valence-electron chi connectivity index (χ4n) is 3.07. The second-order valence-electron chi connectivity index (χ2n) is 6.47. The Morgan fingerprint density at radius 1 is 1.07 bits per heavy atom. The van der Waals surface area contributed by atoms with Crippen molar-refractivity contribution in [3.8, 4) is 5.75 Å². The molecule has 4 rings (SSSR count). The summed E-state index contributed by atoms with van der Waals surface area (Å²) in [6, 6.07) is 21.8. The number of hydrogen-bond acceptors (Lipinski definition) is 3. The summed E-state index contributed by atoms with van der Waals surface area (Å²) >= 11 is 1.52. The van der Waals surface area contributed by atoms with E-state index in [0.717, 1.165) is 20.7 Å². The standard InChI is InChI=1S/C23H19FN2O2S/c1-28-17-10-11-19-20(13-17)26-21(22(19)29-18-8-3-2-4-9-18)23(27)25-14-15-6-5-7-16(24)12-15/h2-13,26H,14H2,1H3,(H,25,27). The van der Waals surface area contributed by atoms with E-state index in [0.29, 0.717) is 17.0 Å². The number of H-pyrrole nitrogens is 1. The number of amides is 1. The Morgan fingerprint density at radius 2 is 1.90 bits per heavy atom. The highest BCUT2D eigenvalue weighted by molar-refractivity contribution is 7.99. The van der Waals surface area contributed by atoms with Crippen LogP contribution in [0.1, 0.15) is 16.1 Å². The van der Waals surface area contributed by atoms with Crippen LogP contribution in [-0.4, -0.2) is 18.0 Å². The number of methoxy groups -OCH3 is 1. The summed E-state index contributed by atoms with van der Waals surface area (Å²) in [5.74, 6) is 0.138. The Morgan fingerprint density at radius 3 is 2.66 bits per heavy atom. The molecule has 6 heteroatoms. The summed E-state index contributed by atoms with van der Waals surface area (Å²) in [6.45, 7) is 0.241. The van der Waals surface area contributed by atoms with Crippen LogP contribution in [0.3, 0.4) is 0 Å². The number of fused-ring (bicyclic) bond motifs is 1. The summed E-state index contributed by atoms with van der Waals surface area (Å²) in [6.07, 6.45) is 0. The van der Waals surface area contributed by atoms with Gasteiger partial charge in [-0.25, -0.2) is 4.39 Å². The van der Waals surface area contributed by atoms with Gasteiger partial charge < -0.3 is 15.0 Å². The largest absolute Gasteiger partial charge is 0.497 e. The zero-order valence-electron chi connectivity index (χ0n) is 15.7. The van der Waals surface area contributed by atoms with Crippen molar-refractivity contribution in [1.82, 2.24) is 10.3 Å². The van der Waals surface area contributed by atoms with Crippen LogP contribution < -0.4 is 10.1 Å². The summed E-state index contributed by atoms with van der Waals surface area (Å²) < 4.78 is 18.7. The van der Waals surface area contributed by atoms with E-state index in [4.69, 9.17) is 4.74 Å². The van der Waals surface area contributed by atoms with E-state index in [1.54, 1.807) is 19.2 Å². The number of ether oxygens (including phenoxy) is 1. The molecule has 1 aromatic heterocycles. The number of carbonyl (C=O) groups excluding carboxylic acids is 1. The number of carbonyl (C=O) groups is 1. The van der Waals surface area contributed by atoms with Crippen LogP contribution >= 0.6 is 11.8 Å². The Labute approximate surface area is 172 Å². The molecule has 0 aliphatic carbocycles. The predicted molar refractivity (Wildman–Crippen MR) is 113 cm³/mol. The van der Waals surface area contributed by atoms with Crippen molar-refractivity contribution in [2.75, 3.05) is 7.11 Å². The SMILES string of the molecule is COc1ccc2c(Sc3ccccc3)c(C(=O)NCc3cccc(F)c3)[nH]c2c1. The lowest BCUT2D eigenvalue weighted by Crippen LogP contribution is -2.23. The molecule has 4 nitrogen and oxygen atoms in total. The lowest BCUT2D eigenvalue weighted by atomic mass is 10.2. The van der Waals surface area contributed by atoms with Crippen molar-refractivity contribution in [2.45, 2.75) is 16.3 Å². The van der Waals surface area contributed by atoms with E-state index < -0.39 is 0 Å². The average Bonchev–Trinajstić information content (AvgIpc) is 3.10. The van der Waals surface area contributed by atoms with Crippen LogP contribution in [0.2, 0.25) is 0 Å². The van der Waals surface area contributed by atoms with Crippen molar-refractivity contribution < 1.29 is 13.9 Å². The van der Waals surface area contributed by atoms with Crippen LogP contribution in [0.15, 0.2) is 82.6 Å². The zero-order chi connectivity index (χ0) is 20.2. The lowest BCUT2D eigenvalue weighted by Gasteiger charge is -2.07. The molecule has 1 heterocycles. The lowest BCUT2D eigenvalue weighted by molar-refractivity contribution is 0.0943. The number of aromatic nitrogens is 1. The summed E-state index contributed by atoms with van der Waals surface area (Å²) in [5, 5.41) is 3.82. The minimum absolute atomic E-state index is 0.241. The molecule has 0 spiro atoms. The van der Waals surface area contributed by atoms with Crippen molar-refractivity contribution in [3.05, 3.63) is 89.9 Å². The summed E-state index contributed by atoms with van der Waals surface area (Å²) in [4.78, 5) is 18.0. The topological polar surface area (TPSA) is 54.1 Å². The van der Waals surface area contributed by atoms with E-state index >= 15 is 0 Å². The fraction of sp³-hybridized carbons (Fsp3) is 0.0870. The zero-order valence-corrected chi connectivity index (χ0v) is 16.6. The molecule has 0 radical (unpaired) electrons. The molecule has 146 valence electrons. The van der Waals surface area contributed by atoms with Gasteiger partial charge >= 0.3 is 0 Å². The minimum Gasteiger partial charge on any atom is -0.497 e. The first kappa shape index (κ1) is 19.1. The van der Waals surface area contributed by atoms with E-state index in [-0.39, 0.29) is 18.3 Å². The van der Waals surface area contributed by atoms with Gasteiger partial charge in [0, 0.05) is 22.9 Å². The summed E-state index contributed by atoms with van der Waals surface area (Å²) in [7, 11) is 1.61. The van der Waals surface area contributed by atoms with Gasteiger partial charge in [-0.3, -0.25) is 4.79 Å². The quantitative estimate of drug-likeness (QED) is 0.451. The molecule has 3 aromatic carbocycles. The number of hydrogen-bond donors (Lipinski definition) is 2. The van der Waals surface area contributed by atoms with Gasteiger partial charge in [-0.15, -0.1) is 0 Å². The molecule has 4 aromatic rings. The maximum atomic E-state index is 13.4. The highest BCUT2D eigenvalue weighted by Crippen LogP contribution is 2.37. The van der Waals surface area contributed by atoms with Crippen LogP contribution in [0.25, 0.3) is 10.9 Å². The van der Waals surface area contributed by atoms with Gasteiger partial charge in [-0.05, 0) is 42.0 Å². The number of nitrogens with one attached hydrogen (secondary N) is 2. The van der Waals surface area contributed by atoms with Crippen LogP contribution in [0.4, 0.5) is 4.39 Å². The number of aromatic amines is 1. The highest BCUT2D eigenvalue weighted by atomic mass is 32.2. The smallest absolute Gasteiger partial charge is 0.269 e. The molecule has 0 saturated heterocycles. The number of rotatable bonds is 6. The van der Waals surface area contributed by atoms with E-state index in [1.807, 2.05) is 48.5 Å². The molecule has 2 N–H and O–H groups in total. The van der Waals surface area contributed by atoms with Gasteiger partial charge in [0.25, 0.3) is 5.91 Å². The third-order valence-electron chi connectivity index (χ3n) is 4.49. The maximum absolute atomic E-state index is 13.4. The summed E-state index contributed by atoms with van der Waals surface area (Å²) in [5.41, 5.74) is 1.99. The first-order valence-corrected chi connectivity index (χ1v) is 9.91. The van der Waals surface area contributed by atoms with Crippen molar-refractivity contribution in [2.24, 2.45) is 0 Å². The molecule has 0 bridgehead atoms. The second kappa shape index (κ2) is 8.41. The van der Waals surface area contributed by atoms with Gasteiger partial charge in [0.15, 0.2) is 0 Å². The first-order valence-electron chi connectivity index (χ1n) is 9.09. The molecular formula is C23H19FN2O2S. The van der Waals surface area contributed by atoms with Gasteiger partial charge in [0.05, 0.1) is 17.5 Å². The monoisotopic (exact) mass is 406 g/mol. The molecule has 0 fully saturated rings. The van der Waals surface area contributed by atoms with Gasteiger partial charge in [-0.1, -0.05) is 42.1 Å². The molecule has 0 saturated carbocycles. The molecule has 0 atom stereocenters. The predicted octanol–water partition coefficient (Wildman–Crippen LogP) is 5.40. The van der Waals surface area contributed by atoms with Gasteiger partial charge in [0.1, 0.15) is 17.3 Å².